The van der Waals surface area contributed by atoms with Crippen LogP contribution in [0, 0.1) is 6.92 Å². The zero-order valence-electron chi connectivity index (χ0n) is 19.6. The fourth-order valence-electron chi connectivity index (χ4n) is 3.52. The Bertz CT molecular complexity index is 1340. The van der Waals surface area contributed by atoms with Gasteiger partial charge in [-0.25, -0.2) is 0 Å². The third-order valence-corrected chi connectivity index (χ3v) is 6.71. The summed E-state index contributed by atoms with van der Waals surface area (Å²) >= 11 is 4.27. The number of hydrogen-bond donors (Lipinski definition) is 1. The molecule has 0 aromatic heterocycles. The van der Waals surface area contributed by atoms with Gasteiger partial charge in [0.05, 0.1) is 18.6 Å². The van der Waals surface area contributed by atoms with E-state index in [1.807, 2.05) is 49.4 Å². The molecule has 1 aliphatic heterocycles. The second-order valence-corrected chi connectivity index (χ2v) is 9.92. The maximum Gasteiger partial charge on any atom is 0.293 e. The number of nitrogens with zero attached hydrogens (tertiary/aromatic N) is 1. The van der Waals surface area contributed by atoms with Crippen LogP contribution in [0.3, 0.4) is 0 Å². The molecule has 1 aliphatic rings. The first-order valence-corrected chi connectivity index (χ1v) is 12.6. The number of halogens is 1. The van der Waals surface area contributed by atoms with Crippen LogP contribution in [-0.4, -0.2) is 35.7 Å². The van der Waals surface area contributed by atoms with Gasteiger partial charge in [0.1, 0.15) is 0 Å². The van der Waals surface area contributed by atoms with E-state index in [-0.39, 0.29) is 30.2 Å². The van der Waals surface area contributed by atoms with Gasteiger partial charge in [-0.3, -0.25) is 19.3 Å². The number of benzene rings is 3. The second-order valence-electron chi connectivity index (χ2n) is 8.01. The molecule has 36 heavy (non-hydrogen) atoms. The number of nitrogens with one attached hydrogen (secondary N) is 1. The first kappa shape index (κ1) is 25.5. The summed E-state index contributed by atoms with van der Waals surface area (Å²) in [6.07, 6.45) is 1.64. The van der Waals surface area contributed by atoms with Crippen LogP contribution >= 0.6 is 27.7 Å². The van der Waals surface area contributed by atoms with E-state index in [4.69, 9.17) is 9.47 Å². The van der Waals surface area contributed by atoms with Crippen LogP contribution in [0.2, 0.25) is 0 Å². The van der Waals surface area contributed by atoms with Crippen molar-refractivity contribution in [1.29, 1.82) is 0 Å². The Balaban J connectivity index is 1.41. The predicted molar refractivity (Wildman–Crippen MR) is 144 cm³/mol. The number of methoxy groups -OCH3 is 1. The van der Waals surface area contributed by atoms with Gasteiger partial charge in [-0.2, -0.15) is 0 Å². The van der Waals surface area contributed by atoms with Gasteiger partial charge in [0, 0.05) is 10.2 Å². The summed E-state index contributed by atoms with van der Waals surface area (Å²) in [7, 11) is 1.49. The summed E-state index contributed by atoms with van der Waals surface area (Å²) in [5, 5.41) is 2.47. The van der Waals surface area contributed by atoms with Crippen molar-refractivity contribution < 1.29 is 23.9 Å². The highest BCUT2D eigenvalue weighted by atomic mass is 79.9. The van der Waals surface area contributed by atoms with E-state index in [1.165, 1.54) is 12.0 Å². The highest BCUT2D eigenvalue weighted by Crippen LogP contribution is 2.35. The number of anilines is 1. The molecule has 184 valence electrons. The van der Waals surface area contributed by atoms with Crippen molar-refractivity contribution >= 4 is 56.5 Å². The van der Waals surface area contributed by atoms with E-state index in [0.717, 1.165) is 27.4 Å². The third kappa shape index (κ3) is 6.35. The summed E-state index contributed by atoms with van der Waals surface area (Å²) in [5.74, 6) is 0.143. The molecule has 0 radical (unpaired) electrons. The topological polar surface area (TPSA) is 84.9 Å². The smallest absolute Gasteiger partial charge is 0.293 e. The van der Waals surface area contributed by atoms with E-state index < -0.39 is 0 Å². The Hall–Kier alpha value is -3.56. The minimum Gasteiger partial charge on any atom is -0.493 e. The lowest BCUT2D eigenvalue weighted by atomic mass is 10.1. The van der Waals surface area contributed by atoms with E-state index >= 15 is 0 Å². The minimum atomic E-state index is -0.347. The molecule has 9 heteroatoms. The minimum absolute atomic E-state index is 0.196. The van der Waals surface area contributed by atoms with E-state index in [1.54, 1.807) is 30.3 Å². The number of amides is 3. The van der Waals surface area contributed by atoms with Crippen LogP contribution in [0.15, 0.2) is 76.1 Å². The summed E-state index contributed by atoms with van der Waals surface area (Å²) < 4.78 is 12.0. The summed E-state index contributed by atoms with van der Waals surface area (Å²) in [6, 6.07) is 20.0. The average molecular weight is 567 g/mol. The van der Waals surface area contributed by atoms with Crippen LogP contribution in [0.4, 0.5) is 10.5 Å². The Morgan fingerprint density at radius 3 is 2.56 bits per heavy atom. The molecule has 4 rings (SSSR count). The van der Waals surface area contributed by atoms with Gasteiger partial charge in [0.15, 0.2) is 18.1 Å². The molecule has 7 nitrogen and oxygen atoms in total. The molecule has 3 amide bonds. The quantitative estimate of drug-likeness (QED) is 0.335. The van der Waals surface area contributed by atoms with Gasteiger partial charge >= 0.3 is 0 Å². The van der Waals surface area contributed by atoms with Crippen LogP contribution in [0.25, 0.3) is 6.08 Å². The normalized spacial score (nSPS) is 14.3. The average Bonchev–Trinajstić information content (AvgIpc) is 3.11. The lowest BCUT2D eigenvalue weighted by Crippen LogP contribution is -2.27. The van der Waals surface area contributed by atoms with Gasteiger partial charge < -0.3 is 14.8 Å². The van der Waals surface area contributed by atoms with Crippen LogP contribution in [0.5, 0.6) is 11.5 Å². The number of thioether (sulfide) groups is 1. The first-order chi connectivity index (χ1) is 17.3. The summed E-state index contributed by atoms with van der Waals surface area (Å²) in [4.78, 5) is 39.2. The van der Waals surface area contributed by atoms with Crippen molar-refractivity contribution in [2.24, 2.45) is 0 Å². The molecule has 0 bridgehead atoms. The van der Waals surface area contributed by atoms with Crippen molar-refractivity contribution in [3.05, 3.63) is 92.8 Å². The Kier molecular flexibility index (Phi) is 8.12. The van der Waals surface area contributed by atoms with Gasteiger partial charge in [-0.05, 0) is 77.9 Å². The van der Waals surface area contributed by atoms with E-state index in [0.29, 0.717) is 27.7 Å². The highest BCUT2D eigenvalue weighted by molar-refractivity contribution is 9.10. The number of carbonyl (C=O) groups is 3. The Labute approximate surface area is 221 Å². The number of hydrogen-bond acceptors (Lipinski definition) is 6. The van der Waals surface area contributed by atoms with Crippen molar-refractivity contribution in [3.63, 3.8) is 0 Å². The monoisotopic (exact) mass is 566 g/mol. The number of imide groups is 1. The molecule has 0 spiro atoms. The molecule has 0 atom stereocenters. The zero-order chi connectivity index (χ0) is 25.7. The maximum absolute atomic E-state index is 12.9. The lowest BCUT2D eigenvalue weighted by Gasteiger charge is -2.13. The fourth-order valence-corrected chi connectivity index (χ4v) is 4.62. The van der Waals surface area contributed by atoms with E-state index in [2.05, 4.69) is 21.2 Å². The van der Waals surface area contributed by atoms with Crippen molar-refractivity contribution in [2.45, 2.75) is 13.5 Å². The molecule has 0 saturated carbocycles. The zero-order valence-corrected chi connectivity index (χ0v) is 22.0. The van der Waals surface area contributed by atoms with Gasteiger partial charge in [0.2, 0.25) is 0 Å². The molecule has 1 saturated heterocycles. The standard InChI is InChI=1S/C27H23BrN2O5S/c1-17-4-3-5-21(12-17)29-25(31)16-35-22-11-8-19(13-23(22)34-2)14-24-26(32)30(27(33)36-24)15-18-6-9-20(28)10-7-18/h3-14H,15-16H2,1-2H3,(H,29,31)/b24-14+. The number of rotatable bonds is 8. The third-order valence-electron chi connectivity index (χ3n) is 5.27. The maximum atomic E-state index is 12.9. The Morgan fingerprint density at radius 2 is 1.83 bits per heavy atom. The SMILES string of the molecule is COc1cc(/C=C2/SC(=O)N(Cc3ccc(Br)cc3)C2=O)ccc1OCC(=O)Nc1cccc(C)c1. The number of aryl methyl sites for hydroxylation is 1. The molecular formula is C27H23BrN2O5S. The number of ether oxygens (including phenoxy) is 2. The predicted octanol–water partition coefficient (Wildman–Crippen LogP) is 6.02. The molecule has 0 aliphatic carbocycles. The fraction of sp³-hybridized carbons (Fsp3) is 0.148. The summed E-state index contributed by atoms with van der Waals surface area (Å²) in [5.41, 5.74) is 3.26. The summed E-state index contributed by atoms with van der Waals surface area (Å²) in [6.45, 7) is 1.95. The molecule has 0 unspecified atom stereocenters. The van der Waals surface area contributed by atoms with Crippen LogP contribution in [0.1, 0.15) is 16.7 Å². The largest absolute Gasteiger partial charge is 0.493 e. The molecule has 3 aromatic carbocycles. The van der Waals surface area contributed by atoms with Crippen LogP contribution in [-0.2, 0) is 16.1 Å². The van der Waals surface area contributed by atoms with Crippen LogP contribution < -0.4 is 14.8 Å². The molecule has 1 heterocycles. The lowest BCUT2D eigenvalue weighted by molar-refractivity contribution is -0.123. The Morgan fingerprint density at radius 1 is 1.06 bits per heavy atom. The molecule has 3 aromatic rings. The van der Waals surface area contributed by atoms with Crippen molar-refractivity contribution in [3.8, 4) is 11.5 Å². The number of carbonyl (C=O) groups excluding carboxylic acids is 3. The van der Waals surface area contributed by atoms with Crippen molar-refractivity contribution in [2.75, 3.05) is 19.0 Å². The van der Waals surface area contributed by atoms with E-state index in [9.17, 15) is 14.4 Å². The van der Waals surface area contributed by atoms with Gasteiger partial charge in [-0.1, -0.05) is 46.3 Å². The second kappa shape index (κ2) is 11.5. The molecular weight excluding hydrogens is 544 g/mol. The molecule has 1 N–H and O–H groups in total. The first-order valence-electron chi connectivity index (χ1n) is 11.0. The van der Waals surface area contributed by atoms with Gasteiger partial charge in [0.25, 0.3) is 17.1 Å². The highest BCUT2D eigenvalue weighted by Gasteiger charge is 2.35. The van der Waals surface area contributed by atoms with Crippen molar-refractivity contribution in [1.82, 2.24) is 4.90 Å². The molecule has 1 fully saturated rings. The van der Waals surface area contributed by atoms with Gasteiger partial charge in [-0.15, -0.1) is 0 Å².